The Balaban J connectivity index is 2.16. The standard InChI is InChI=1S/C12H20O3/c1-2-3-4-6-10(13)9-11(14)12-7-5-8-15-12/h12H,2-9H2,1H3. The van der Waals surface area contributed by atoms with Gasteiger partial charge in [-0.3, -0.25) is 9.59 Å². The SMILES string of the molecule is CCCCCC(=O)CC(=O)C1CCCO1. The van der Waals surface area contributed by atoms with Gasteiger partial charge in [0.05, 0.1) is 6.42 Å². The lowest BCUT2D eigenvalue weighted by Crippen LogP contribution is -2.22. The summed E-state index contributed by atoms with van der Waals surface area (Å²) in [5.74, 6) is 0.0537. The highest BCUT2D eigenvalue weighted by atomic mass is 16.5. The van der Waals surface area contributed by atoms with Gasteiger partial charge in [0.1, 0.15) is 11.9 Å². The third-order valence-electron chi connectivity index (χ3n) is 2.72. The van der Waals surface area contributed by atoms with Crippen molar-refractivity contribution in [3.63, 3.8) is 0 Å². The molecule has 0 bridgehead atoms. The van der Waals surface area contributed by atoms with Crippen molar-refractivity contribution in [2.24, 2.45) is 0 Å². The summed E-state index contributed by atoms with van der Waals surface area (Å²) in [5.41, 5.74) is 0. The van der Waals surface area contributed by atoms with Crippen LogP contribution in [0.25, 0.3) is 0 Å². The number of carbonyl (C=O) groups excluding carboxylic acids is 2. The highest BCUT2D eigenvalue weighted by Crippen LogP contribution is 2.15. The quantitative estimate of drug-likeness (QED) is 0.480. The van der Waals surface area contributed by atoms with E-state index < -0.39 is 0 Å². The largest absolute Gasteiger partial charge is 0.370 e. The molecular formula is C12H20O3. The normalized spacial score (nSPS) is 20.5. The van der Waals surface area contributed by atoms with Gasteiger partial charge >= 0.3 is 0 Å². The second-order valence-corrected chi connectivity index (χ2v) is 4.14. The summed E-state index contributed by atoms with van der Waals surface area (Å²) in [7, 11) is 0. The summed E-state index contributed by atoms with van der Waals surface area (Å²) in [6.07, 6.45) is 5.16. The molecule has 0 spiro atoms. The Morgan fingerprint density at radius 3 is 2.73 bits per heavy atom. The number of hydrogen-bond acceptors (Lipinski definition) is 3. The molecule has 0 aliphatic carbocycles. The van der Waals surface area contributed by atoms with Crippen LogP contribution >= 0.6 is 0 Å². The first-order chi connectivity index (χ1) is 7.24. The summed E-state index contributed by atoms with van der Waals surface area (Å²) in [6.45, 7) is 2.77. The first-order valence-electron chi connectivity index (χ1n) is 5.90. The number of ketones is 2. The molecule has 1 unspecified atom stereocenters. The van der Waals surface area contributed by atoms with Gasteiger partial charge in [0, 0.05) is 13.0 Å². The molecule has 15 heavy (non-hydrogen) atoms. The fraction of sp³-hybridized carbons (Fsp3) is 0.833. The smallest absolute Gasteiger partial charge is 0.168 e. The van der Waals surface area contributed by atoms with Crippen LogP contribution in [0.5, 0.6) is 0 Å². The first-order valence-corrected chi connectivity index (χ1v) is 5.90. The lowest BCUT2D eigenvalue weighted by atomic mass is 10.0. The maximum Gasteiger partial charge on any atom is 0.168 e. The summed E-state index contributed by atoms with van der Waals surface area (Å²) in [6, 6.07) is 0. The molecule has 86 valence electrons. The number of rotatable bonds is 7. The Bertz CT molecular complexity index is 217. The fourth-order valence-corrected chi connectivity index (χ4v) is 1.80. The monoisotopic (exact) mass is 212 g/mol. The third-order valence-corrected chi connectivity index (χ3v) is 2.72. The molecule has 0 aromatic carbocycles. The van der Waals surface area contributed by atoms with Crippen LogP contribution in [0.15, 0.2) is 0 Å². The van der Waals surface area contributed by atoms with Crippen molar-refractivity contribution >= 4 is 11.6 Å². The van der Waals surface area contributed by atoms with Crippen molar-refractivity contribution in [2.45, 2.75) is 58.0 Å². The Labute approximate surface area is 91.2 Å². The summed E-state index contributed by atoms with van der Waals surface area (Å²) >= 11 is 0. The topological polar surface area (TPSA) is 43.4 Å². The van der Waals surface area contributed by atoms with E-state index in [2.05, 4.69) is 6.92 Å². The van der Waals surface area contributed by atoms with Gasteiger partial charge in [-0.15, -0.1) is 0 Å². The third kappa shape index (κ3) is 4.56. The van der Waals surface area contributed by atoms with Crippen LogP contribution in [0.3, 0.4) is 0 Å². The molecule has 0 N–H and O–H groups in total. The minimum atomic E-state index is -0.292. The van der Waals surface area contributed by atoms with Crippen LogP contribution in [-0.2, 0) is 14.3 Å². The van der Waals surface area contributed by atoms with E-state index in [4.69, 9.17) is 4.74 Å². The Morgan fingerprint density at radius 1 is 1.33 bits per heavy atom. The van der Waals surface area contributed by atoms with Gasteiger partial charge in [0.25, 0.3) is 0 Å². The van der Waals surface area contributed by atoms with Gasteiger partial charge in [-0.1, -0.05) is 19.8 Å². The zero-order valence-electron chi connectivity index (χ0n) is 9.46. The van der Waals surface area contributed by atoms with Gasteiger partial charge in [0.15, 0.2) is 5.78 Å². The molecule has 1 fully saturated rings. The van der Waals surface area contributed by atoms with Gasteiger partial charge < -0.3 is 4.74 Å². The Hall–Kier alpha value is -0.700. The summed E-state index contributed by atoms with van der Waals surface area (Å²) < 4.78 is 5.24. The Morgan fingerprint density at radius 2 is 2.13 bits per heavy atom. The average molecular weight is 212 g/mol. The molecule has 1 aliphatic rings. The van der Waals surface area contributed by atoms with E-state index in [0.717, 1.165) is 32.1 Å². The number of unbranched alkanes of at least 4 members (excludes halogenated alkanes) is 2. The summed E-state index contributed by atoms with van der Waals surface area (Å²) in [5, 5.41) is 0. The molecule has 0 radical (unpaired) electrons. The lowest BCUT2D eigenvalue weighted by Gasteiger charge is -2.06. The van der Waals surface area contributed by atoms with E-state index in [1.165, 1.54) is 0 Å². The number of carbonyl (C=O) groups is 2. The van der Waals surface area contributed by atoms with Crippen LogP contribution in [0, 0.1) is 0 Å². The van der Waals surface area contributed by atoms with E-state index in [-0.39, 0.29) is 24.1 Å². The van der Waals surface area contributed by atoms with Crippen molar-refractivity contribution in [1.29, 1.82) is 0 Å². The lowest BCUT2D eigenvalue weighted by molar-refractivity contribution is -0.132. The van der Waals surface area contributed by atoms with Crippen LogP contribution < -0.4 is 0 Å². The summed E-state index contributed by atoms with van der Waals surface area (Å²) in [4.78, 5) is 23.0. The minimum Gasteiger partial charge on any atom is -0.370 e. The van der Waals surface area contributed by atoms with Crippen molar-refractivity contribution in [3.8, 4) is 0 Å². The predicted molar refractivity (Wildman–Crippen MR) is 57.7 cm³/mol. The van der Waals surface area contributed by atoms with Gasteiger partial charge in [-0.25, -0.2) is 0 Å². The number of hydrogen-bond donors (Lipinski definition) is 0. The van der Waals surface area contributed by atoms with E-state index >= 15 is 0 Å². The van der Waals surface area contributed by atoms with E-state index in [1.54, 1.807) is 0 Å². The highest BCUT2D eigenvalue weighted by molar-refractivity contribution is 6.01. The molecule has 1 heterocycles. The van der Waals surface area contributed by atoms with Gasteiger partial charge in [-0.2, -0.15) is 0 Å². The molecule has 0 saturated carbocycles. The van der Waals surface area contributed by atoms with Crippen molar-refractivity contribution in [3.05, 3.63) is 0 Å². The van der Waals surface area contributed by atoms with Crippen molar-refractivity contribution < 1.29 is 14.3 Å². The fourth-order valence-electron chi connectivity index (χ4n) is 1.80. The van der Waals surface area contributed by atoms with E-state index in [9.17, 15) is 9.59 Å². The second-order valence-electron chi connectivity index (χ2n) is 4.14. The Kier molecular flexibility index (Phi) is 5.54. The zero-order chi connectivity index (χ0) is 11.1. The molecule has 3 heteroatoms. The van der Waals surface area contributed by atoms with Gasteiger partial charge in [-0.05, 0) is 19.3 Å². The number of ether oxygens (including phenoxy) is 1. The molecule has 0 amide bonds. The first kappa shape index (κ1) is 12.4. The zero-order valence-corrected chi connectivity index (χ0v) is 9.46. The molecule has 1 atom stereocenters. The van der Waals surface area contributed by atoms with E-state index in [0.29, 0.717) is 13.0 Å². The molecule has 1 saturated heterocycles. The molecule has 1 aliphatic heterocycles. The average Bonchev–Trinajstić information content (AvgIpc) is 2.70. The molecule has 0 aromatic rings. The van der Waals surface area contributed by atoms with E-state index in [1.807, 2.05) is 0 Å². The maximum absolute atomic E-state index is 11.5. The van der Waals surface area contributed by atoms with Crippen LogP contribution in [0.2, 0.25) is 0 Å². The second kappa shape index (κ2) is 6.72. The predicted octanol–water partition coefficient (Wildman–Crippen LogP) is 2.27. The van der Waals surface area contributed by atoms with Crippen molar-refractivity contribution in [1.82, 2.24) is 0 Å². The van der Waals surface area contributed by atoms with Crippen LogP contribution in [-0.4, -0.2) is 24.3 Å². The molecule has 3 nitrogen and oxygen atoms in total. The molecule has 0 aromatic heterocycles. The van der Waals surface area contributed by atoms with Crippen LogP contribution in [0.1, 0.15) is 51.9 Å². The van der Waals surface area contributed by atoms with Crippen molar-refractivity contribution in [2.75, 3.05) is 6.61 Å². The molecular weight excluding hydrogens is 192 g/mol. The number of Topliss-reactive ketones (excluding diaryl/α,β-unsaturated/α-hetero) is 2. The van der Waals surface area contributed by atoms with Crippen LogP contribution in [0.4, 0.5) is 0 Å². The molecule has 1 rings (SSSR count). The highest BCUT2D eigenvalue weighted by Gasteiger charge is 2.24. The van der Waals surface area contributed by atoms with Gasteiger partial charge in [0.2, 0.25) is 0 Å². The minimum absolute atomic E-state index is 0.0194. The maximum atomic E-state index is 11.5.